The zero-order valence-corrected chi connectivity index (χ0v) is 20.2. The first-order chi connectivity index (χ1) is 17.4. The van der Waals surface area contributed by atoms with Crippen LogP contribution in [0.5, 0.6) is 11.5 Å². The number of ether oxygens (including phenoxy) is 2. The lowest BCUT2D eigenvalue weighted by Crippen LogP contribution is -2.34. The van der Waals surface area contributed by atoms with E-state index in [4.69, 9.17) is 4.74 Å². The van der Waals surface area contributed by atoms with Crippen molar-refractivity contribution in [3.63, 3.8) is 0 Å². The van der Waals surface area contributed by atoms with Gasteiger partial charge < -0.3 is 14.8 Å². The Labute approximate surface area is 209 Å². The van der Waals surface area contributed by atoms with Crippen molar-refractivity contribution in [1.82, 2.24) is 15.2 Å². The van der Waals surface area contributed by atoms with Gasteiger partial charge in [-0.3, -0.25) is 14.7 Å². The maximum Gasteiger partial charge on any atom is 0.387 e. The van der Waals surface area contributed by atoms with Crippen LogP contribution in [0.25, 0.3) is 0 Å². The van der Waals surface area contributed by atoms with Crippen LogP contribution in [-0.4, -0.2) is 51.0 Å². The predicted octanol–water partition coefficient (Wildman–Crippen LogP) is 5.12. The van der Waals surface area contributed by atoms with Crippen molar-refractivity contribution in [2.75, 3.05) is 12.4 Å². The number of carbonyl (C=O) groups excluding carboxylic acids is 2. The number of hydrogen-bond acceptors (Lipinski definition) is 7. The molecule has 0 spiro atoms. The fraction of sp³-hybridized carbons (Fsp3) is 0.250. The van der Waals surface area contributed by atoms with Gasteiger partial charge in [0.05, 0.1) is 24.6 Å². The number of hydrogen-bond donors (Lipinski definition) is 2. The molecule has 2 aromatic carbocycles. The minimum Gasteiger partial charge on any atom is -0.493 e. The van der Waals surface area contributed by atoms with E-state index in [-0.39, 0.29) is 34.4 Å². The van der Waals surface area contributed by atoms with E-state index in [0.29, 0.717) is 29.1 Å². The molecule has 9 nitrogen and oxygen atoms in total. The zero-order chi connectivity index (χ0) is 25.7. The van der Waals surface area contributed by atoms with E-state index < -0.39 is 6.61 Å². The van der Waals surface area contributed by atoms with E-state index in [1.807, 2.05) is 6.92 Å². The molecule has 1 aliphatic heterocycles. The first-order valence-electron chi connectivity index (χ1n) is 11.0. The highest BCUT2D eigenvalue weighted by molar-refractivity contribution is 8.14. The first-order valence-corrected chi connectivity index (χ1v) is 11.9. The number of rotatable bonds is 9. The van der Waals surface area contributed by atoms with Crippen LogP contribution in [0.2, 0.25) is 0 Å². The number of alkyl halides is 2. The van der Waals surface area contributed by atoms with Crippen LogP contribution in [0.4, 0.5) is 19.3 Å². The fourth-order valence-electron chi connectivity index (χ4n) is 3.57. The molecular formula is C24H23F2N5O4S. The minimum atomic E-state index is -3.01. The summed E-state index contributed by atoms with van der Waals surface area (Å²) in [6.45, 7) is -0.895. The van der Waals surface area contributed by atoms with E-state index in [1.165, 1.54) is 30.4 Å². The van der Waals surface area contributed by atoms with Gasteiger partial charge in [-0.05, 0) is 48.4 Å². The Kier molecular flexibility index (Phi) is 7.84. The number of aromatic amines is 1. The Bertz CT molecular complexity index is 1250. The summed E-state index contributed by atoms with van der Waals surface area (Å²) in [6, 6.07) is 13.2. The zero-order valence-electron chi connectivity index (χ0n) is 19.4. The Hall–Kier alpha value is -3.93. The molecule has 188 valence electrons. The monoisotopic (exact) mass is 515 g/mol. The van der Waals surface area contributed by atoms with Gasteiger partial charge in [0.2, 0.25) is 0 Å². The minimum absolute atomic E-state index is 0.108. The highest BCUT2D eigenvalue weighted by Crippen LogP contribution is 2.34. The molecule has 0 radical (unpaired) electrons. The Morgan fingerprint density at radius 1 is 1.19 bits per heavy atom. The van der Waals surface area contributed by atoms with Crippen molar-refractivity contribution in [2.24, 2.45) is 5.10 Å². The van der Waals surface area contributed by atoms with Gasteiger partial charge in [0.25, 0.3) is 5.91 Å². The van der Waals surface area contributed by atoms with Gasteiger partial charge in [0.15, 0.2) is 11.5 Å². The highest BCUT2D eigenvalue weighted by Gasteiger charge is 2.31. The quantitative estimate of drug-likeness (QED) is 0.409. The summed E-state index contributed by atoms with van der Waals surface area (Å²) < 4.78 is 35.5. The lowest BCUT2D eigenvalue weighted by molar-refractivity contribution is -0.0512. The van der Waals surface area contributed by atoms with Crippen LogP contribution in [0.1, 0.15) is 35.0 Å². The highest BCUT2D eigenvalue weighted by atomic mass is 32.2. The number of carbonyl (C=O) groups is 2. The average molecular weight is 516 g/mol. The van der Waals surface area contributed by atoms with Gasteiger partial charge in [0.1, 0.15) is 5.69 Å². The number of H-pyrrole nitrogens is 1. The average Bonchev–Trinajstić information content (AvgIpc) is 3.41. The summed E-state index contributed by atoms with van der Waals surface area (Å²) in [7, 11) is 1.37. The van der Waals surface area contributed by atoms with Crippen molar-refractivity contribution in [2.45, 2.75) is 31.8 Å². The summed E-state index contributed by atoms with van der Waals surface area (Å²) in [5.41, 5.74) is 2.84. The third-order valence-corrected chi connectivity index (χ3v) is 6.58. The molecule has 1 aromatic heterocycles. The summed E-state index contributed by atoms with van der Waals surface area (Å²) in [5.74, 6) is -0.259. The van der Waals surface area contributed by atoms with E-state index >= 15 is 0 Å². The second kappa shape index (κ2) is 11.2. The number of hydrazone groups is 1. The van der Waals surface area contributed by atoms with Crippen molar-refractivity contribution >= 4 is 34.3 Å². The molecule has 1 aliphatic rings. The molecule has 0 fully saturated rings. The Balaban J connectivity index is 1.54. The topological polar surface area (TPSA) is 109 Å². The van der Waals surface area contributed by atoms with E-state index in [2.05, 4.69) is 25.4 Å². The fourth-order valence-corrected chi connectivity index (χ4v) is 4.50. The maximum atomic E-state index is 12.9. The summed E-state index contributed by atoms with van der Waals surface area (Å²) in [4.78, 5) is 24.9. The van der Waals surface area contributed by atoms with Gasteiger partial charge in [-0.1, -0.05) is 30.8 Å². The van der Waals surface area contributed by atoms with Crippen LogP contribution in [-0.2, 0) is 6.54 Å². The third kappa shape index (κ3) is 5.82. The summed E-state index contributed by atoms with van der Waals surface area (Å²) in [5, 5.41) is 14.5. The Morgan fingerprint density at radius 3 is 2.61 bits per heavy atom. The maximum absolute atomic E-state index is 12.9. The number of amides is 2. The molecule has 0 saturated carbocycles. The molecule has 3 aromatic rings. The molecule has 4 rings (SSSR count). The molecule has 2 heterocycles. The molecule has 2 amide bonds. The number of benzene rings is 2. The summed E-state index contributed by atoms with van der Waals surface area (Å²) >= 11 is 1.13. The number of nitrogens with zero attached hydrogens (tertiary/aromatic N) is 3. The standard InChI is InChI=1S/C24H23F2N5O4S/c1-3-20-21(15-6-9-18(34-2)19(12-15)35-23(25)26)30-31(24(33)36-20)13-14-4-7-16(8-5-14)28-22(32)17-10-11-27-29-17/h4-12,20,23H,3,13H2,1-2H3,(H,27,29)(H,28,32). The number of methoxy groups -OCH3 is 1. The van der Waals surface area contributed by atoms with Gasteiger partial charge in [-0.15, -0.1) is 0 Å². The number of halogens is 2. The molecule has 1 atom stereocenters. The number of aromatic nitrogens is 2. The lowest BCUT2D eigenvalue weighted by Gasteiger charge is -2.28. The predicted molar refractivity (Wildman–Crippen MR) is 132 cm³/mol. The van der Waals surface area contributed by atoms with Crippen molar-refractivity contribution < 1.29 is 27.8 Å². The molecule has 0 bridgehead atoms. The Morgan fingerprint density at radius 2 is 1.97 bits per heavy atom. The second-order valence-electron chi connectivity index (χ2n) is 7.69. The number of anilines is 1. The third-order valence-electron chi connectivity index (χ3n) is 5.32. The molecular weight excluding hydrogens is 492 g/mol. The van der Waals surface area contributed by atoms with Gasteiger partial charge >= 0.3 is 11.9 Å². The molecule has 12 heteroatoms. The van der Waals surface area contributed by atoms with Crippen LogP contribution in [0, 0.1) is 0 Å². The van der Waals surface area contributed by atoms with Gasteiger partial charge in [0, 0.05) is 17.4 Å². The largest absolute Gasteiger partial charge is 0.493 e. The van der Waals surface area contributed by atoms with Crippen molar-refractivity contribution in [3.05, 3.63) is 71.5 Å². The first kappa shape index (κ1) is 25.2. The number of nitrogens with one attached hydrogen (secondary N) is 2. The van der Waals surface area contributed by atoms with E-state index in [1.54, 1.807) is 36.4 Å². The number of thioether (sulfide) groups is 1. The van der Waals surface area contributed by atoms with Gasteiger partial charge in [-0.2, -0.15) is 19.0 Å². The van der Waals surface area contributed by atoms with Crippen LogP contribution < -0.4 is 14.8 Å². The normalized spacial score (nSPS) is 15.6. The van der Waals surface area contributed by atoms with E-state index in [0.717, 1.165) is 17.3 Å². The van der Waals surface area contributed by atoms with Crippen molar-refractivity contribution in [3.8, 4) is 11.5 Å². The smallest absolute Gasteiger partial charge is 0.387 e. The van der Waals surface area contributed by atoms with E-state index in [9.17, 15) is 18.4 Å². The second-order valence-corrected chi connectivity index (χ2v) is 8.84. The van der Waals surface area contributed by atoms with Crippen LogP contribution >= 0.6 is 11.8 Å². The van der Waals surface area contributed by atoms with Crippen molar-refractivity contribution in [1.29, 1.82) is 0 Å². The van der Waals surface area contributed by atoms with Crippen LogP contribution in [0.15, 0.2) is 59.8 Å². The SMILES string of the molecule is CCC1SC(=O)N(Cc2ccc(NC(=O)c3ccn[nH]3)cc2)N=C1c1ccc(OC)c(OC(F)F)c1. The summed E-state index contributed by atoms with van der Waals surface area (Å²) in [6.07, 6.45) is 2.10. The molecule has 1 unspecified atom stereocenters. The molecule has 0 aliphatic carbocycles. The van der Waals surface area contributed by atoms with Gasteiger partial charge in [-0.25, -0.2) is 5.01 Å². The van der Waals surface area contributed by atoms with Crippen LogP contribution in [0.3, 0.4) is 0 Å². The molecule has 36 heavy (non-hydrogen) atoms. The molecule has 2 N–H and O–H groups in total. The lowest BCUT2D eigenvalue weighted by atomic mass is 10.0. The molecule has 0 saturated heterocycles.